The zero-order valence-corrected chi connectivity index (χ0v) is 15.4. The molecule has 3 rings (SSSR count). The van der Waals surface area contributed by atoms with E-state index < -0.39 is 0 Å². The monoisotopic (exact) mass is 377 g/mol. The lowest BCUT2D eigenvalue weighted by molar-refractivity contribution is 0.0948. The summed E-state index contributed by atoms with van der Waals surface area (Å²) in [5.41, 5.74) is 2.95. The zero-order chi connectivity index (χ0) is 19.9. The van der Waals surface area contributed by atoms with E-state index in [9.17, 15) is 14.0 Å². The standard InChI is InChI=1S/C22H20FN3O2/c1-15(27)16-6-8-18(9-7-16)26-19-11-13-24-21(14-19)22(28)25-12-10-17-4-2-3-5-20(17)23/h2-9,11,13-14H,10,12H2,1H3,(H,24,26)(H,25,28). The molecule has 1 heterocycles. The zero-order valence-electron chi connectivity index (χ0n) is 15.4. The van der Waals surface area contributed by atoms with Gasteiger partial charge in [0.15, 0.2) is 5.78 Å². The van der Waals surface area contributed by atoms with Gasteiger partial charge in [-0.3, -0.25) is 14.6 Å². The van der Waals surface area contributed by atoms with Gasteiger partial charge in [-0.1, -0.05) is 18.2 Å². The predicted molar refractivity (Wildman–Crippen MR) is 106 cm³/mol. The number of hydrogen-bond donors (Lipinski definition) is 2. The van der Waals surface area contributed by atoms with E-state index in [-0.39, 0.29) is 23.2 Å². The van der Waals surface area contributed by atoms with Gasteiger partial charge in [0, 0.05) is 29.7 Å². The number of carbonyl (C=O) groups excluding carboxylic acids is 2. The molecular formula is C22H20FN3O2. The molecule has 0 aliphatic rings. The molecule has 0 aliphatic heterocycles. The second-order valence-electron chi connectivity index (χ2n) is 6.29. The molecule has 0 aliphatic carbocycles. The highest BCUT2D eigenvalue weighted by molar-refractivity contribution is 5.94. The summed E-state index contributed by atoms with van der Waals surface area (Å²) >= 11 is 0. The van der Waals surface area contributed by atoms with E-state index in [1.54, 1.807) is 54.6 Å². The minimum absolute atomic E-state index is 0.00445. The number of amides is 1. The molecule has 5 nitrogen and oxygen atoms in total. The minimum Gasteiger partial charge on any atom is -0.355 e. The van der Waals surface area contributed by atoms with Crippen LogP contribution in [0, 0.1) is 5.82 Å². The maximum Gasteiger partial charge on any atom is 0.269 e. The third kappa shape index (κ3) is 5.01. The van der Waals surface area contributed by atoms with Crippen LogP contribution in [0.4, 0.5) is 15.8 Å². The molecule has 0 spiro atoms. The first kappa shape index (κ1) is 19.2. The van der Waals surface area contributed by atoms with E-state index in [2.05, 4.69) is 15.6 Å². The van der Waals surface area contributed by atoms with Crippen molar-refractivity contribution in [3.05, 3.63) is 89.5 Å². The maximum atomic E-state index is 13.6. The lowest BCUT2D eigenvalue weighted by Crippen LogP contribution is -2.26. The highest BCUT2D eigenvalue weighted by Crippen LogP contribution is 2.17. The van der Waals surface area contributed by atoms with Crippen molar-refractivity contribution in [3.63, 3.8) is 0 Å². The van der Waals surface area contributed by atoms with Crippen LogP contribution in [0.15, 0.2) is 66.9 Å². The Morgan fingerprint density at radius 2 is 1.75 bits per heavy atom. The Balaban J connectivity index is 1.59. The molecule has 1 amide bonds. The Morgan fingerprint density at radius 1 is 1.00 bits per heavy atom. The van der Waals surface area contributed by atoms with Gasteiger partial charge in [-0.2, -0.15) is 0 Å². The normalized spacial score (nSPS) is 10.4. The van der Waals surface area contributed by atoms with Crippen LogP contribution in [0.5, 0.6) is 0 Å². The highest BCUT2D eigenvalue weighted by atomic mass is 19.1. The van der Waals surface area contributed by atoms with Crippen molar-refractivity contribution in [3.8, 4) is 0 Å². The lowest BCUT2D eigenvalue weighted by atomic mass is 10.1. The number of Topliss-reactive ketones (excluding diaryl/α,β-unsaturated/α-hetero) is 1. The minimum atomic E-state index is -0.327. The molecule has 0 atom stereocenters. The third-order valence-electron chi connectivity index (χ3n) is 4.21. The summed E-state index contributed by atoms with van der Waals surface area (Å²) in [4.78, 5) is 27.7. The molecule has 0 unspecified atom stereocenters. The summed E-state index contributed by atoms with van der Waals surface area (Å²) in [6, 6.07) is 16.9. The van der Waals surface area contributed by atoms with Gasteiger partial charge in [0.1, 0.15) is 11.5 Å². The number of carbonyl (C=O) groups is 2. The van der Waals surface area contributed by atoms with Gasteiger partial charge in [0.2, 0.25) is 0 Å². The van der Waals surface area contributed by atoms with Gasteiger partial charge in [0.25, 0.3) is 5.91 Å². The van der Waals surface area contributed by atoms with Crippen LogP contribution in [0.1, 0.15) is 33.3 Å². The average Bonchev–Trinajstić information content (AvgIpc) is 2.70. The molecule has 0 fully saturated rings. The molecule has 0 bridgehead atoms. The van der Waals surface area contributed by atoms with Crippen LogP contribution in [0.25, 0.3) is 0 Å². The largest absolute Gasteiger partial charge is 0.355 e. The first-order chi connectivity index (χ1) is 13.5. The maximum absolute atomic E-state index is 13.6. The molecule has 142 valence electrons. The molecule has 0 saturated carbocycles. The van der Waals surface area contributed by atoms with Crippen LogP contribution in [-0.4, -0.2) is 23.2 Å². The number of nitrogens with zero attached hydrogens (tertiary/aromatic N) is 1. The number of anilines is 2. The summed E-state index contributed by atoms with van der Waals surface area (Å²) in [7, 11) is 0. The number of aromatic nitrogens is 1. The Labute approximate surface area is 162 Å². The van der Waals surface area contributed by atoms with E-state index in [0.29, 0.717) is 29.8 Å². The second kappa shape index (κ2) is 8.90. The molecule has 0 saturated heterocycles. The molecule has 0 radical (unpaired) electrons. The predicted octanol–water partition coefficient (Wildman–Crippen LogP) is 4.14. The molecule has 2 N–H and O–H groups in total. The summed E-state index contributed by atoms with van der Waals surface area (Å²) in [5.74, 6) is -0.603. The van der Waals surface area contributed by atoms with Crippen molar-refractivity contribution >= 4 is 23.1 Å². The quantitative estimate of drug-likeness (QED) is 0.607. The second-order valence-corrected chi connectivity index (χ2v) is 6.29. The lowest BCUT2D eigenvalue weighted by Gasteiger charge is -2.09. The van der Waals surface area contributed by atoms with Crippen molar-refractivity contribution in [1.29, 1.82) is 0 Å². The van der Waals surface area contributed by atoms with E-state index in [4.69, 9.17) is 0 Å². The summed E-state index contributed by atoms with van der Waals surface area (Å²) in [6.45, 7) is 1.83. The van der Waals surface area contributed by atoms with Crippen LogP contribution in [0.2, 0.25) is 0 Å². The van der Waals surface area contributed by atoms with Crippen molar-refractivity contribution < 1.29 is 14.0 Å². The number of ketones is 1. The molecule has 1 aromatic heterocycles. The Hall–Kier alpha value is -3.54. The molecule has 2 aromatic carbocycles. The van der Waals surface area contributed by atoms with Gasteiger partial charge >= 0.3 is 0 Å². The number of rotatable bonds is 7. The summed E-state index contributed by atoms with van der Waals surface area (Å²) in [5, 5.41) is 5.93. The number of halogens is 1. The fourth-order valence-electron chi connectivity index (χ4n) is 2.69. The van der Waals surface area contributed by atoms with Gasteiger partial charge in [-0.15, -0.1) is 0 Å². The van der Waals surface area contributed by atoms with Crippen LogP contribution in [-0.2, 0) is 6.42 Å². The molecule has 3 aromatic rings. The van der Waals surface area contributed by atoms with E-state index in [0.717, 1.165) is 5.69 Å². The number of benzene rings is 2. The van der Waals surface area contributed by atoms with Gasteiger partial charge in [0.05, 0.1) is 0 Å². The van der Waals surface area contributed by atoms with Crippen molar-refractivity contribution in [1.82, 2.24) is 10.3 Å². The molecule has 28 heavy (non-hydrogen) atoms. The summed E-state index contributed by atoms with van der Waals surface area (Å²) < 4.78 is 13.6. The topological polar surface area (TPSA) is 71.1 Å². The van der Waals surface area contributed by atoms with E-state index >= 15 is 0 Å². The fourth-order valence-corrected chi connectivity index (χ4v) is 2.69. The number of nitrogens with one attached hydrogen (secondary N) is 2. The Bertz CT molecular complexity index is 987. The highest BCUT2D eigenvalue weighted by Gasteiger charge is 2.09. The van der Waals surface area contributed by atoms with Gasteiger partial charge in [-0.25, -0.2) is 4.39 Å². The third-order valence-corrected chi connectivity index (χ3v) is 4.21. The smallest absolute Gasteiger partial charge is 0.269 e. The van der Waals surface area contributed by atoms with E-state index in [1.165, 1.54) is 19.2 Å². The van der Waals surface area contributed by atoms with Crippen LogP contribution >= 0.6 is 0 Å². The van der Waals surface area contributed by atoms with E-state index in [1.807, 2.05) is 0 Å². The Morgan fingerprint density at radius 3 is 2.46 bits per heavy atom. The fraction of sp³-hybridized carbons (Fsp3) is 0.136. The molecular weight excluding hydrogens is 357 g/mol. The first-order valence-corrected chi connectivity index (χ1v) is 8.88. The SMILES string of the molecule is CC(=O)c1ccc(Nc2ccnc(C(=O)NCCc3ccccc3F)c2)cc1. The average molecular weight is 377 g/mol. The number of pyridine rings is 1. The van der Waals surface area contributed by atoms with Crippen molar-refractivity contribution in [2.45, 2.75) is 13.3 Å². The van der Waals surface area contributed by atoms with Gasteiger partial charge < -0.3 is 10.6 Å². The van der Waals surface area contributed by atoms with Crippen LogP contribution in [0.3, 0.4) is 0 Å². The molecule has 6 heteroatoms. The van der Waals surface area contributed by atoms with Crippen molar-refractivity contribution in [2.75, 3.05) is 11.9 Å². The first-order valence-electron chi connectivity index (χ1n) is 8.88. The van der Waals surface area contributed by atoms with Gasteiger partial charge in [-0.05, 0) is 61.4 Å². The Kier molecular flexibility index (Phi) is 6.11. The summed E-state index contributed by atoms with van der Waals surface area (Å²) in [6.07, 6.45) is 1.94. The van der Waals surface area contributed by atoms with Crippen LogP contribution < -0.4 is 10.6 Å². The number of hydrogen-bond acceptors (Lipinski definition) is 4. The van der Waals surface area contributed by atoms with Crippen molar-refractivity contribution in [2.24, 2.45) is 0 Å².